The van der Waals surface area contributed by atoms with Crippen LogP contribution in [0.2, 0.25) is 0 Å². The molecule has 1 aromatic carbocycles. The summed E-state index contributed by atoms with van der Waals surface area (Å²) in [6.45, 7) is 2.59. The first-order valence-electron chi connectivity index (χ1n) is 9.35. The van der Waals surface area contributed by atoms with Crippen LogP contribution in [0.5, 0.6) is 0 Å². The third-order valence-corrected chi connectivity index (χ3v) is 7.05. The van der Waals surface area contributed by atoms with Gasteiger partial charge in [0, 0.05) is 37.0 Å². The molecule has 2 aromatic heterocycles. The molecule has 0 saturated carbocycles. The van der Waals surface area contributed by atoms with E-state index < -0.39 is 10.0 Å². The summed E-state index contributed by atoms with van der Waals surface area (Å²) in [5.74, 6) is 0.820. The van der Waals surface area contributed by atoms with E-state index >= 15 is 0 Å². The molecule has 0 spiro atoms. The van der Waals surface area contributed by atoms with Gasteiger partial charge < -0.3 is 4.52 Å². The van der Waals surface area contributed by atoms with E-state index in [0.717, 1.165) is 11.1 Å². The van der Waals surface area contributed by atoms with Gasteiger partial charge in [0.2, 0.25) is 21.7 Å². The molecule has 0 bridgehead atoms. The highest BCUT2D eigenvalue weighted by molar-refractivity contribution is 7.89. The molecule has 4 rings (SSSR count). The van der Waals surface area contributed by atoms with Crippen molar-refractivity contribution in [2.45, 2.75) is 25.2 Å². The number of rotatable bonds is 6. The molecule has 0 unspecified atom stereocenters. The number of sulfonamides is 1. The summed E-state index contributed by atoms with van der Waals surface area (Å²) >= 11 is 0. The van der Waals surface area contributed by atoms with Gasteiger partial charge in [0.1, 0.15) is 0 Å². The summed E-state index contributed by atoms with van der Waals surface area (Å²) in [4.78, 5) is 8.78. The van der Waals surface area contributed by atoms with Crippen molar-refractivity contribution in [3.63, 3.8) is 0 Å². The average molecular weight is 398 g/mol. The fraction of sp³-hybridized carbons (Fsp3) is 0.350. The van der Waals surface area contributed by atoms with Crippen LogP contribution in [0.4, 0.5) is 0 Å². The van der Waals surface area contributed by atoms with E-state index in [-0.39, 0.29) is 17.6 Å². The van der Waals surface area contributed by atoms with Crippen LogP contribution in [0.15, 0.2) is 59.4 Å². The van der Waals surface area contributed by atoms with Gasteiger partial charge in [-0.25, -0.2) is 12.7 Å². The Bertz CT molecular complexity index is 1020. The molecule has 8 heteroatoms. The Balaban J connectivity index is 1.68. The summed E-state index contributed by atoms with van der Waals surface area (Å²) in [7, 11) is -3.31. The SMILES string of the molecule is CCCS(=O)(=O)N1C[C@@H](c2cccnc2)[C@H](c2nc(-c3ccccc3)no2)C1. The summed E-state index contributed by atoms with van der Waals surface area (Å²) in [5.41, 5.74) is 1.84. The van der Waals surface area contributed by atoms with E-state index in [4.69, 9.17) is 4.52 Å². The lowest BCUT2D eigenvalue weighted by atomic mass is 9.90. The molecule has 146 valence electrons. The Morgan fingerprint density at radius 2 is 1.89 bits per heavy atom. The van der Waals surface area contributed by atoms with Gasteiger partial charge in [-0.1, -0.05) is 48.5 Å². The van der Waals surface area contributed by atoms with Crippen LogP contribution in [0.3, 0.4) is 0 Å². The highest BCUT2D eigenvalue weighted by atomic mass is 32.2. The summed E-state index contributed by atoms with van der Waals surface area (Å²) in [5, 5.41) is 4.11. The van der Waals surface area contributed by atoms with Crippen molar-refractivity contribution in [2.75, 3.05) is 18.8 Å². The van der Waals surface area contributed by atoms with E-state index in [1.54, 1.807) is 16.7 Å². The fourth-order valence-corrected chi connectivity index (χ4v) is 5.21. The maximum absolute atomic E-state index is 12.7. The zero-order valence-corrected chi connectivity index (χ0v) is 16.4. The monoisotopic (exact) mass is 398 g/mol. The largest absolute Gasteiger partial charge is 0.339 e. The quantitative estimate of drug-likeness (QED) is 0.634. The molecular formula is C20H22N4O3S. The maximum atomic E-state index is 12.7. The van der Waals surface area contributed by atoms with Crippen LogP contribution in [-0.4, -0.2) is 46.7 Å². The number of benzene rings is 1. The van der Waals surface area contributed by atoms with Crippen molar-refractivity contribution in [2.24, 2.45) is 0 Å². The van der Waals surface area contributed by atoms with E-state index in [2.05, 4.69) is 15.1 Å². The minimum Gasteiger partial charge on any atom is -0.339 e. The minimum absolute atomic E-state index is 0.0793. The molecule has 1 saturated heterocycles. The molecule has 0 radical (unpaired) electrons. The minimum atomic E-state index is -3.31. The molecule has 0 N–H and O–H groups in total. The van der Waals surface area contributed by atoms with E-state index in [1.807, 2.05) is 49.4 Å². The first kappa shape index (κ1) is 18.8. The van der Waals surface area contributed by atoms with E-state index in [9.17, 15) is 8.42 Å². The Morgan fingerprint density at radius 3 is 2.61 bits per heavy atom. The Labute approximate surface area is 164 Å². The van der Waals surface area contributed by atoms with Crippen molar-refractivity contribution >= 4 is 10.0 Å². The molecule has 28 heavy (non-hydrogen) atoms. The van der Waals surface area contributed by atoms with Gasteiger partial charge in [0.25, 0.3) is 0 Å². The normalized spacial score (nSPS) is 20.5. The maximum Gasteiger partial charge on any atom is 0.232 e. The lowest BCUT2D eigenvalue weighted by molar-refractivity contribution is 0.348. The van der Waals surface area contributed by atoms with Crippen LogP contribution in [-0.2, 0) is 10.0 Å². The molecule has 0 amide bonds. The van der Waals surface area contributed by atoms with Gasteiger partial charge in [-0.05, 0) is 18.1 Å². The van der Waals surface area contributed by atoms with E-state index in [0.29, 0.717) is 31.2 Å². The molecule has 3 heterocycles. The van der Waals surface area contributed by atoms with Crippen molar-refractivity contribution < 1.29 is 12.9 Å². The topological polar surface area (TPSA) is 89.2 Å². The third kappa shape index (κ3) is 3.70. The van der Waals surface area contributed by atoms with Gasteiger partial charge >= 0.3 is 0 Å². The van der Waals surface area contributed by atoms with Crippen molar-refractivity contribution in [3.05, 3.63) is 66.3 Å². The standard InChI is InChI=1S/C20H22N4O3S/c1-2-11-28(25,26)24-13-17(16-9-6-10-21-12-16)18(14-24)20-22-19(23-27-20)15-7-4-3-5-8-15/h3-10,12,17-18H,2,11,13-14H2,1H3/t17-,18+/m0/s1. The number of hydrogen-bond acceptors (Lipinski definition) is 6. The van der Waals surface area contributed by atoms with Crippen LogP contribution in [0.1, 0.15) is 36.6 Å². The molecule has 1 fully saturated rings. The zero-order valence-electron chi connectivity index (χ0n) is 15.6. The van der Waals surface area contributed by atoms with Gasteiger partial charge in [0.05, 0.1) is 11.7 Å². The summed E-state index contributed by atoms with van der Waals surface area (Å²) in [6.07, 6.45) is 4.07. The summed E-state index contributed by atoms with van der Waals surface area (Å²) in [6, 6.07) is 13.4. The average Bonchev–Trinajstić information content (AvgIpc) is 3.37. The molecule has 2 atom stereocenters. The lowest BCUT2D eigenvalue weighted by Gasteiger charge is -2.15. The molecule has 3 aromatic rings. The summed E-state index contributed by atoms with van der Waals surface area (Å²) < 4.78 is 32.4. The second-order valence-electron chi connectivity index (χ2n) is 6.95. The smallest absolute Gasteiger partial charge is 0.232 e. The number of aromatic nitrogens is 3. The lowest BCUT2D eigenvalue weighted by Crippen LogP contribution is -2.31. The second-order valence-corrected chi connectivity index (χ2v) is 9.04. The molecule has 0 aliphatic carbocycles. The molecule has 1 aliphatic heterocycles. The second kappa shape index (κ2) is 7.81. The highest BCUT2D eigenvalue weighted by Crippen LogP contribution is 2.40. The van der Waals surface area contributed by atoms with E-state index in [1.165, 1.54) is 0 Å². The zero-order chi connectivity index (χ0) is 19.6. The predicted octanol–water partition coefficient (Wildman–Crippen LogP) is 3.05. The van der Waals surface area contributed by atoms with Gasteiger partial charge in [-0.2, -0.15) is 4.98 Å². The molecule has 1 aliphatic rings. The fourth-order valence-electron chi connectivity index (χ4n) is 3.66. The molecule has 7 nitrogen and oxygen atoms in total. The van der Waals surface area contributed by atoms with Gasteiger partial charge in [-0.3, -0.25) is 4.98 Å². The van der Waals surface area contributed by atoms with Crippen LogP contribution in [0.25, 0.3) is 11.4 Å². The first-order valence-corrected chi connectivity index (χ1v) is 11.0. The highest BCUT2D eigenvalue weighted by Gasteiger charge is 2.42. The Hall–Kier alpha value is -2.58. The number of pyridine rings is 1. The Kier molecular flexibility index (Phi) is 5.23. The predicted molar refractivity (Wildman–Crippen MR) is 105 cm³/mol. The van der Waals surface area contributed by atoms with Gasteiger partial charge in [0.15, 0.2) is 0 Å². The Morgan fingerprint density at radius 1 is 1.11 bits per heavy atom. The van der Waals surface area contributed by atoms with Crippen LogP contribution >= 0.6 is 0 Å². The van der Waals surface area contributed by atoms with Crippen molar-refractivity contribution in [1.29, 1.82) is 0 Å². The van der Waals surface area contributed by atoms with Crippen molar-refractivity contribution in [1.82, 2.24) is 19.4 Å². The van der Waals surface area contributed by atoms with Crippen LogP contribution in [0, 0.1) is 0 Å². The molecular weight excluding hydrogens is 376 g/mol. The first-order chi connectivity index (χ1) is 13.6. The van der Waals surface area contributed by atoms with Crippen molar-refractivity contribution in [3.8, 4) is 11.4 Å². The third-order valence-electron chi connectivity index (χ3n) is 5.05. The van der Waals surface area contributed by atoms with Gasteiger partial charge in [-0.15, -0.1) is 0 Å². The number of nitrogens with zero attached hydrogens (tertiary/aromatic N) is 4. The number of hydrogen-bond donors (Lipinski definition) is 0. The van der Waals surface area contributed by atoms with Crippen LogP contribution < -0.4 is 0 Å².